The van der Waals surface area contributed by atoms with E-state index in [4.69, 9.17) is 5.73 Å². The van der Waals surface area contributed by atoms with Crippen LogP contribution in [0.5, 0.6) is 0 Å². The van der Waals surface area contributed by atoms with Crippen LogP contribution in [0.4, 0.5) is 0 Å². The van der Waals surface area contributed by atoms with Gasteiger partial charge >= 0.3 is 0 Å². The van der Waals surface area contributed by atoms with Gasteiger partial charge in [0.2, 0.25) is 5.91 Å². The van der Waals surface area contributed by atoms with Gasteiger partial charge in [0, 0.05) is 25.0 Å². The number of β-amino-alcohol motifs (C(OH)–C–C–N with tert-alkyl or cyclic N) is 1. The van der Waals surface area contributed by atoms with Crippen LogP contribution < -0.4 is 5.73 Å². The van der Waals surface area contributed by atoms with Crippen molar-refractivity contribution in [2.75, 3.05) is 13.1 Å². The molecule has 4 unspecified atom stereocenters. The average Bonchev–Trinajstić information content (AvgIpc) is 2.56. The summed E-state index contributed by atoms with van der Waals surface area (Å²) < 4.78 is 0. The number of rotatable bonds is 1. The molecule has 0 bridgehead atoms. The molecule has 0 spiro atoms. The van der Waals surface area contributed by atoms with Crippen LogP contribution in [0.1, 0.15) is 39.5 Å². The Morgan fingerprint density at radius 3 is 2.65 bits per heavy atom. The molecular weight excluding hydrogens is 216 g/mol. The van der Waals surface area contributed by atoms with Gasteiger partial charge in [-0.05, 0) is 38.5 Å². The van der Waals surface area contributed by atoms with Crippen molar-refractivity contribution >= 4 is 5.91 Å². The highest BCUT2D eigenvalue weighted by atomic mass is 16.3. The summed E-state index contributed by atoms with van der Waals surface area (Å²) in [7, 11) is 0. The zero-order valence-electron chi connectivity index (χ0n) is 10.9. The van der Waals surface area contributed by atoms with Gasteiger partial charge in [-0.2, -0.15) is 0 Å². The summed E-state index contributed by atoms with van der Waals surface area (Å²) in [5.41, 5.74) is 5.29. The summed E-state index contributed by atoms with van der Waals surface area (Å²) >= 11 is 0. The highest BCUT2D eigenvalue weighted by molar-refractivity contribution is 5.79. The lowest BCUT2D eigenvalue weighted by Gasteiger charge is -2.33. The molecule has 1 aliphatic heterocycles. The molecule has 3 N–H and O–H groups in total. The summed E-state index contributed by atoms with van der Waals surface area (Å²) in [5, 5.41) is 9.90. The maximum absolute atomic E-state index is 12.3. The molecular formula is C13H24N2O2. The molecule has 17 heavy (non-hydrogen) atoms. The minimum absolute atomic E-state index is 0.0719. The van der Waals surface area contributed by atoms with E-state index < -0.39 is 5.60 Å². The summed E-state index contributed by atoms with van der Waals surface area (Å²) in [6, 6.07) is 0.163. The Bertz CT molecular complexity index is 294. The van der Waals surface area contributed by atoms with E-state index >= 15 is 0 Å². The first-order valence-electron chi connectivity index (χ1n) is 6.64. The number of amides is 1. The van der Waals surface area contributed by atoms with Crippen molar-refractivity contribution in [3.05, 3.63) is 0 Å². The smallest absolute Gasteiger partial charge is 0.225 e. The van der Waals surface area contributed by atoms with Crippen molar-refractivity contribution in [2.45, 2.75) is 51.2 Å². The molecule has 0 aromatic rings. The summed E-state index contributed by atoms with van der Waals surface area (Å²) in [6.07, 6.45) is 3.47. The Kier molecular flexibility index (Phi) is 3.46. The third-order valence-electron chi connectivity index (χ3n) is 4.09. The monoisotopic (exact) mass is 240 g/mol. The topological polar surface area (TPSA) is 66.6 Å². The molecule has 1 amide bonds. The lowest BCUT2D eigenvalue weighted by molar-refractivity contribution is -0.137. The highest BCUT2D eigenvalue weighted by Crippen LogP contribution is 2.31. The van der Waals surface area contributed by atoms with Crippen LogP contribution in [0.15, 0.2) is 0 Å². The zero-order valence-corrected chi connectivity index (χ0v) is 10.9. The van der Waals surface area contributed by atoms with E-state index in [1.807, 2.05) is 4.90 Å². The molecule has 1 saturated carbocycles. The largest absolute Gasteiger partial charge is 0.388 e. The Morgan fingerprint density at radius 2 is 2.12 bits per heavy atom. The van der Waals surface area contributed by atoms with Crippen LogP contribution in [0.3, 0.4) is 0 Å². The highest BCUT2D eigenvalue weighted by Gasteiger charge is 2.38. The maximum Gasteiger partial charge on any atom is 0.225 e. The van der Waals surface area contributed by atoms with Crippen molar-refractivity contribution in [3.63, 3.8) is 0 Å². The number of hydrogen-bond acceptors (Lipinski definition) is 3. The molecule has 0 radical (unpaired) electrons. The van der Waals surface area contributed by atoms with E-state index in [1.54, 1.807) is 6.92 Å². The van der Waals surface area contributed by atoms with Gasteiger partial charge in [0.25, 0.3) is 0 Å². The van der Waals surface area contributed by atoms with Crippen molar-refractivity contribution in [1.82, 2.24) is 4.90 Å². The fourth-order valence-electron chi connectivity index (χ4n) is 3.25. The van der Waals surface area contributed by atoms with E-state index in [2.05, 4.69) is 6.92 Å². The predicted molar refractivity (Wildman–Crippen MR) is 66.3 cm³/mol. The number of aliphatic hydroxyl groups is 1. The summed E-state index contributed by atoms with van der Waals surface area (Å²) in [6.45, 7) is 5.13. The van der Waals surface area contributed by atoms with Gasteiger partial charge in [0.1, 0.15) is 0 Å². The van der Waals surface area contributed by atoms with Gasteiger partial charge in [0.15, 0.2) is 0 Å². The molecule has 1 saturated heterocycles. The third-order valence-corrected chi connectivity index (χ3v) is 4.09. The minimum Gasteiger partial charge on any atom is -0.388 e. The average molecular weight is 240 g/mol. The van der Waals surface area contributed by atoms with Crippen molar-refractivity contribution in [1.29, 1.82) is 0 Å². The van der Waals surface area contributed by atoms with Crippen LogP contribution in [0.25, 0.3) is 0 Å². The van der Waals surface area contributed by atoms with Crippen molar-refractivity contribution < 1.29 is 9.90 Å². The van der Waals surface area contributed by atoms with E-state index in [0.717, 1.165) is 19.3 Å². The van der Waals surface area contributed by atoms with Gasteiger partial charge in [0.05, 0.1) is 5.60 Å². The SMILES string of the molecule is CC1CC(N)CC(C(=O)N2CCC(C)(O)C2)C1. The number of carbonyl (C=O) groups is 1. The first-order valence-corrected chi connectivity index (χ1v) is 6.64. The number of hydrogen-bond donors (Lipinski definition) is 2. The summed E-state index contributed by atoms with van der Waals surface area (Å²) in [5.74, 6) is 0.809. The van der Waals surface area contributed by atoms with Gasteiger partial charge in [-0.15, -0.1) is 0 Å². The van der Waals surface area contributed by atoms with E-state index in [0.29, 0.717) is 25.4 Å². The van der Waals surface area contributed by atoms with Crippen LogP contribution in [-0.4, -0.2) is 40.6 Å². The second-order valence-corrected chi connectivity index (χ2v) is 6.28. The molecule has 4 nitrogen and oxygen atoms in total. The van der Waals surface area contributed by atoms with Gasteiger partial charge in [-0.1, -0.05) is 6.92 Å². The van der Waals surface area contributed by atoms with E-state index in [1.165, 1.54) is 0 Å². The van der Waals surface area contributed by atoms with Crippen LogP contribution in [0, 0.1) is 11.8 Å². The number of likely N-dealkylation sites (tertiary alicyclic amines) is 1. The molecule has 2 rings (SSSR count). The molecule has 0 aromatic carbocycles. The fraction of sp³-hybridized carbons (Fsp3) is 0.923. The molecule has 4 atom stereocenters. The van der Waals surface area contributed by atoms with Gasteiger partial charge in [-0.3, -0.25) is 4.79 Å². The summed E-state index contributed by atoms with van der Waals surface area (Å²) in [4.78, 5) is 14.2. The third kappa shape index (κ3) is 2.99. The van der Waals surface area contributed by atoms with E-state index in [9.17, 15) is 9.90 Å². The second-order valence-electron chi connectivity index (χ2n) is 6.28. The minimum atomic E-state index is -0.696. The van der Waals surface area contributed by atoms with Crippen molar-refractivity contribution in [3.8, 4) is 0 Å². The molecule has 98 valence electrons. The van der Waals surface area contributed by atoms with Gasteiger partial charge < -0.3 is 15.7 Å². The molecule has 1 heterocycles. The lowest BCUT2D eigenvalue weighted by Crippen LogP contribution is -2.42. The standard InChI is InChI=1S/C13H24N2O2/c1-9-5-10(7-11(14)6-9)12(16)15-4-3-13(2,17)8-15/h9-11,17H,3-8,14H2,1-2H3. The Balaban J connectivity index is 1.96. The van der Waals surface area contributed by atoms with Gasteiger partial charge in [-0.25, -0.2) is 0 Å². The lowest BCUT2D eigenvalue weighted by atomic mass is 9.79. The Hall–Kier alpha value is -0.610. The van der Waals surface area contributed by atoms with Crippen LogP contribution >= 0.6 is 0 Å². The molecule has 2 fully saturated rings. The van der Waals surface area contributed by atoms with Crippen molar-refractivity contribution in [2.24, 2.45) is 17.6 Å². The maximum atomic E-state index is 12.3. The number of nitrogens with two attached hydrogens (primary N) is 1. The van der Waals surface area contributed by atoms with E-state index in [-0.39, 0.29) is 17.9 Å². The number of nitrogens with zero attached hydrogens (tertiary/aromatic N) is 1. The molecule has 4 heteroatoms. The fourth-order valence-corrected chi connectivity index (χ4v) is 3.25. The first kappa shape index (κ1) is 12.8. The predicted octanol–water partition coefficient (Wildman–Crippen LogP) is 0.733. The number of carbonyl (C=O) groups excluding carboxylic acids is 1. The molecule has 1 aliphatic carbocycles. The second kappa shape index (κ2) is 4.58. The molecule has 0 aromatic heterocycles. The quantitative estimate of drug-likeness (QED) is 0.710. The Morgan fingerprint density at radius 1 is 1.41 bits per heavy atom. The normalized spacial score (nSPS) is 42.8. The van der Waals surface area contributed by atoms with Crippen LogP contribution in [-0.2, 0) is 4.79 Å². The molecule has 2 aliphatic rings. The Labute approximate surface area is 103 Å². The van der Waals surface area contributed by atoms with Crippen LogP contribution in [0.2, 0.25) is 0 Å². The zero-order chi connectivity index (χ0) is 12.6. The first-order chi connectivity index (χ1) is 7.87.